The molecular weight excluding hydrogens is 246 g/mol. The Hall–Kier alpha value is -0.0800. The van der Waals surface area contributed by atoms with E-state index < -0.39 is 0 Å². The standard InChI is InChI=1S/C18H35NO/c1-17(2,3)16-9-7-15(8-10-16)13-19-18(14-20)11-5-4-6-12-18/h15-16,19-20H,4-14H2,1-3H3. The Balaban J connectivity index is 1.75. The SMILES string of the molecule is CC(C)(C)C1CCC(CNC2(CO)CCCCC2)CC1. The molecule has 0 unspecified atom stereocenters. The van der Waals surface area contributed by atoms with E-state index in [1.807, 2.05) is 0 Å². The van der Waals surface area contributed by atoms with Crippen molar-refractivity contribution < 1.29 is 5.11 Å². The fourth-order valence-electron chi connectivity index (χ4n) is 4.21. The van der Waals surface area contributed by atoms with Crippen LogP contribution in [0.2, 0.25) is 0 Å². The number of hydrogen-bond donors (Lipinski definition) is 2. The zero-order chi connectivity index (χ0) is 14.6. The average Bonchev–Trinajstić information content (AvgIpc) is 2.46. The van der Waals surface area contributed by atoms with Crippen molar-refractivity contribution in [2.24, 2.45) is 17.3 Å². The van der Waals surface area contributed by atoms with Crippen LogP contribution in [-0.4, -0.2) is 23.8 Å². The Morgan fingerprint density at radius 3 is 2.10 bits per heavy atom. The molecule has 2 fully saturated rings. The van der Waals surface area contributed by atoms with E-state index >= 15 is 0 Å². The minimum Gasteiger partial charge on any atom is -0.394 e. The van der Waals surface area contributed by atoms with E-state index in [0.717, 1.165) is 18.4 Å². The van der Waals surface area contributed by atoms with Gasteiger partial charge in [-0.05, 0) is 62.3 Å². The third kappa shape index (κ3) is 4.21. The summed E-state index contributed by atoms with van der Waals surface area (Å²) in [5.41, 5.74) is 0.535. The fourth-order valence-corrected chi connectivity index (χ4v) is 4.21. The lowest BCUT2D eigenvalue weighted by Gasteiger charge is -2.40. The molecule has 0 bridgehead atoms. The molecule has 0 heterocycles. The number of nitrogens with one attached hydrogen (secondary N) is 1. The largest absolute Gasteiger partial charge is 0.394 e. The number of rotatable bonds is 4. The van der Waals surface area contributed by atoms with Gasteiger partial charge in [0.25, 0.3) is 0 Å². The molecule has 2 N–H and O–H groups in total. The molecule has 0 atom stereocenters. The van der Waals surface area contributed by atoms with E-state index in [4.69, 9.17) is 0 Å². The van der Waals surface area contributed by atoms with E-state index in [0.29, 0.717) is 12.0 Å². The summed E-state index contributed by atoms with van der Waals surface area (Å²) in [6.45, 7) is 8.61. The molecule has 0 amide bonds. The van der Waals surface area contributed by atoms with Crippen molar-refractivity contribution in [2.45, 2.75) is 84.1 Å². The molecule has 2 heteroatoms. The van der Waals surface area contributed by atoms with Gasteiger partial charge in [-0.1, -0.05) is 40.0 Å². The van der Waals surface area contributed by atoms with Gasteiger partial charge < -0.3 is 10.4 Å². The van der Waals surface area contributed by atoms with Crippen LogP contribution in [-0.2, 0) is 0 Å². The predicted octanol–water partition coefficient (Wildman–Crippen LogP) is 4.12. The normalized spacial score (nSPS) is 31.2. The number of aliphatic hydroxyl groups is 1. The molecule has 0 saturated heterocycles. The van der Waals surface area contributed by atoms with Crippen molar-refractivity contribution in [3.8, 4) is 0 Å². The highest BCUT2D eigenvalue weighted by Gasteiger charge is 2.33. The van der Waals surface area contributed by atoms with Gasteiger partial charge >= 0.3 is 0 Å². The highest BCUT2D eigenvalue weighted by Crippen LogP contribution is 2.40. The Kier molecular flexibility index (Phi) is 5.53. The lowest BCUT2D eigenvalue weighted by atomic mass is 9.69. The first-order chi connectivity index (χ1) is 9.45. The van der Waals surface area contributed by atoms with Gasteiger partial charge in [0.1, 0.15) is 0 Å². The van der Waals surface area contributed by atoms with Crippen molar-refractivity contribution in [2.75, 3.05) is 13.2 Å². The van der Waals surface area contributed by atoms with Crippen LogP contribution in [0, 0.1) is 17.3 Å². The Bertz CT molecular complexity index is 280. The van der Waals surface area contributed by atoms with Gasteiger partial charge in [-0.2, -0.15) is 0 Å². The van der Waals surface area contributed by atoms with Gasteiger partial charge in [0.05, 0.1) is 6.61 Å². The lowest BCUT2D eigenvalue weighted by Crippen LogP contribution is -2.51. The summed E-state index contributed by atoms with van der Waals surface area (Å²) in [5.74, 6) is 1.74. The van der Waals surface area contributed by atoms with E-state index in [9.17, 15) is 5.11 Å². The molecule has 2 saturated carbocycles. The molecule has 0 aromatic heterocycles. The van der Waals surface area contributed by atoms with Gasteiger partial charge in [0.2, 0.25) is 0 Å². The molecule has 2 rings (SSSR count). The van der Waals surface area contributed by atoms with Crippen molar-refractivity contribution in [3.63, 3.8) is 0 Å². The second-order valence-electron chi connectivity index (χ2n) is 8.46. The zero-order valence-electron chi connectivity index (χ0n) is 13.9. The van der Waals surface area contributed by atoms with Gasteiger partial charge in [-0.3, -0.25) is 0 Å². The third-order valence-corrected chi connectivity index (χ3v) is 5.95. The molecule has 20 heavy (non-hydrogen) atoms. The lowest BCUT2D eigenvalue weighted by molar-refractivity contribution is 0.103. The Labute approximate surface area is 125 Å². The fraction of sp³-hybridized carbons (Fsp3) is 1.00. The zero-order valence-corrected chi connectivity index (χ0v) is 13.9. The summed E-state index contributed by atoms with van der Waals surface area (Å²) in [4.78, 5) is 0. The quantitative estimate of drug-likeness (QED) is 0.812. The van der Waals surface area contributed by atoms with Gasteiger partial charge in [-0.15, -0.1) is 0 Å². The second-order valence-corrected chi connectivity index (χ2v) is 8.46. The van der Waals surface area contributed by atoms with Gasteiger partial charge in [0.15, 0.2) is 0 Å². The highest BCUT2D eigenvalue weighted by atomic mass is 16.3. The Morgan fingerprint density at radius 1 is 1.00 bits per heavy atom. The van der Waals surface area contributed by atoms with E-state index in [1.165, 1.54) is 57.8 Å². The summed E-state index contributed by atoms with van der Waals surface area (Å²) in [6.07, 6.45) is 11.8. The highest BCUT2D eigenvalue weighted by molar-refractivity contribution is 4.91. The summed E-state index contributed by atoms with van der Waals surface area (Å²) in [5, 5.41) is 13.5. The van der Waals surface area contributed by atoms with Crippen LogP contribution < -0.4 is 5.32 Å². The summed E-state index contributed by atoms with van der Waals surface area (Å²) >= 11 is 0. The topological polar surface area (TPSA) is 32.3 Å². The first kappa shape index (κ1) is 16.3. The summed E-state index contributed by atoms with van der Waals surface area (Å²) in [7, 11) is 0. The smallest absolute Gasteiger partial charge is 0.0613 e. The minimum atomic E-state index is 0.0547. The summed E-state index contributed by atoms with van der Waals surface area (Å²) < 4.78 is 0. The van der Waals surface area contributed by atoms with Crippen LogP contribution in [0.3, 0.4) is 0 Å². The maximum absolute atomic E-state index is 9.76. The molecule has 0 aromatic carbocycles. The van der Waals surface area contributed by atoms with Crippen LogP contribution in [0.25, 0.3) is 0 Å². The summed E-state index contributed by atoms with van der Waals surface area (Å²) in [6, 6.07) is 0. The monoisotopic (exact) mass is 281 g/mol. The molecule has 2 nitrogen and oxygen atoms in total. The molecule has 0 spiro atoms. The van der Waals surface area contributed by atoms with Crippen LogP contribution >= 0.6 is 0 Å². The minimum absolute atomic E-state index is 0.0547. The van der Waals surface area contributed by atoms with Crippen LogP contribution in [0.1, 0.15) is 78.6 Å². The third-order valence-electron chi connectivity index (χ3n) is 5.95. The molecule has 2 aliphatic rings. The van der Waals surface area contributed by atoms with Crippen LogP contribution in [0.5, 0.6) is 0 Å². The molecule has 2 aliphatic carbocycles. The van der Waals surface area contributed by atoms with E-state index in [-0.39, 0.29) is 5.54 Å². The molecular formula is C18H35NO. The van der Waals surface area contributed by atoms with Crippen molar-refractivity contribution >= 4 is 0 Å². The molecule has 0 aromatic rings. The number of aliphatic hydroxyl groups excluding tert-OH is 1. The maximum Gasteiger partial charge on any atom is 0.0613 e. The molecule has 0 aliphatic heterocycles. The molecule has 0 radical (unpaired) electrons. The van der Waals surface area contributed by atoms with Crippen LogP contribution in [0.15, 0.2) is 0 Å². The van der Waals surface area contributed by atoms with Crippen molar-refractivity contribution in [1.82, 2.24) is 5.32 Å². The van der Waals surface area contributed by atoms with E-state index in [2.05, 4.69) is 26.1 Å². The van der Waals surface area contributed by atoms with Crippen molar-refractivity contribution in [1.29, 1.82) is 0 Å². The van der Waals surface area contributed by atoms with Crippen molar-refractivity contribution in [3.05, 3.63) is 0 Å². The average molecular weight is 281 g/mol. The maximum atomic E-state index is 9.76. The first-order valence-electron chi connectivity index (χ1n) is 8.81. The van der Waals surface area contributed by atoms with Gasteiger partial charge in [0, 0.05) is 5.54 Å². The molecule has 118 valence electrons. The van der Waals surface area contributed by atoms with Gasteiger partial charge in [-0.25, -0.2) is 0 Å². The Morgan fingerprint density at radius 2 is 1.60 bits per heavy atom. The predicted molar refractivity (Wildman–Crippen MR) is 85.8 cm³/mol. The number of hydrogen-bond acceptors (Lipinski definition) is 2. The van der Waals surface area contributed by atoms with E-state index in [1.54, 1.807) is 0 Å². The van der Waals surface area contributed by atoms with Crippen LogP contribution in [0.4, 0.5) is 0 Å². The first-order valence-corrected chi connectivity index (χ1v) is 8.81. The second kappa shape index (κ2) is 6.79.